The molecule has 1 aliphatic heterocycles. The summed E-state index contributed by atoms with van der Waals surface area (Å²) in [5.74, 6) is 0.283. The molecule has 0 radical (unpaired) electrons. The normalized spacial score (nSPS) is 16.2. The molecule has 0 saturated carbocycles. The Morgan fingerprint density at radius 2 is 1.94 bits per heavy atom. The largest absolute Gasteiger partial charge is 0.447 e. The molecule has 10 heteroatoms. The topological polar surface area (TPSA) is 70.8 Å². The lowest BCUT2D eigenvalue weighted by molar-refractivity contribution is -0.137. The number of carbonyl (C=O) groups is 1. The molecule has 0 bridgehead atoms. The standard InChI is InChI=1S/C24H33F3N4O3/c1-17(2)18(3)31(14-19-5-4-6-20(13-19)24(25,26)27)15-22-29-21(16-34-22)23(32)28-7-8-30-9-11-33-12-10-30/h4-6,13,16-18H,7-12,14-15H2,1-3H3,(H,28,32). The van der Waals surface area contributed by atoms with Gasteiger partial charge in [-0.25, -0.2) is 4.98 Å². The zero-order valence-corrected chi connectivity index (χ0v) is 19.9. The zero-order chi connectivity index (χ0) is 24.7. The second-order valence-electron chi connectivity index (χ2n) is 8.92. The molecule has 2 aromatic rings. The number of halogens is 3. The van der Waals surface area contributed by atoms with E-state index in [1.54, 1.807) is 6.07 Å². The van der Waals surface area contributed by atoms with E-state index in [2.05, 4.69) is 15.2 Å². The van der Waals surface area contributed by atoms with Crippen LogP contribution in [-0.4, -0.2) is 66.1 Å². The molecule has 34 heavy (non-hydrogen) atoms. The van der Waals surface area contributed by atoms with Gasteiger partial charge in [0.25, 0.3) is 5.91 Å². The van der Waals surface area contributed by atoms with E-state index >= 15 is 0 Å². The van der Waals surface area contributed by atoms with Crippen molar-refractivity contribution < 1.29 is 27.1 Å². The summed E-state index contributed by atoms with van der Waals surface area (Å²) in [6.07, 6.45) is -3.07. The molecule has 0 aliphatic carbocycles. The summed E-state index contributed by atoms with van der Waals surface area (Å²) in [6, 6.07) is 5.38. The Labute approximate surface area is 198 Å². The third kappa shape index (κ3) is 7.54. The predicted molar refractivity (Wildman–Crippen MR) is 121 cm³/mol. The van der Waals surface area contributed by atoms with Gasteiger partial charge >= 0.3 is 6.18 Å². The number of aromatic nitrogens is 1. The van der Waals surface area contributed by atoms with Crippen molar-refractivity contribution in [3.8, 4) is 0 Å². The van der Waals surface area contributed by atoms with Gasteiger partial charge in [0.15, 0.2) is 5.69 Å². The maximum Gasteiger partial charge on any atom is 0.416 e. The molecule has 188 valence electrons. The van der Waals surface area contributed by atoms with Crippen molar-refractivity contribution in [2.75, 3.05) is 39.4 Å². The lowest BCUT2D eigenvalue weighted by atomic mass is 10.0. The Morgan fingerprint density at radius 1 is 1.21 bits per heavy atom. The Balaban J connectivity index is 1.61. The number of nitrogens with one attached hydrogen (secondary N) is 1. The Bertz CT molecular complexity index is 926. The number of nitrogens with zero attached hydrogens (tertiary/aromatic N) is 3. The first-order valence-electron chi connectivity index (χ1n) is 11.6. The van der Waals surface area contributed by atoms with Crippen LogP contribution in [0.15, 0.2) is 34.9 Å². The van der Waals surface area contributed by atoms with Crippen molar-refractivity contribution in [1.82, 2.24) is 20.1 Å². The van der Waals surface area contributed by atoms with E-state index in [4.69, 9.17) is 9.15 Å². The van der Waals surface area contributed by atoms with Crippen molar-refractivity contribution >= 4 is 5.91 Å². The molecule has 7 nitrogen and oxygen atoms in total. The lowest BCUT2D eigenvalue weighted by Crippen LogP contribution is -2.41. The summed E-state index contributed by atoms with van der Waals surface area (Å²) >= 11 is 0. The minimum Gasteiger partial charge on any atom is -0.447 e. The smallest absolute Gasteiger partial charge is 0.416 e. The van der Waals surface area contributed by atoms with E-state index in [0.717, 1.165) is 25.7 Å². The van der Waals surface area contributed by atoms with Gasteiger partial charge in [-0.05, 0) is 24.5 Å². The van der Waals surface area contributed by atoms with E-state index in [0.29, 0.717) is 37.8 Å². The number of oxazole rings is 1. The molecular weight excluding hydrogens is 449 g/mol. The fraction of sp³-hybridized carbons (Fsp3) is 0.583. The highest BCUT2D eigenvalue weighted by atomic mass is 19.4. The molecule has 1 aromatic heterocycles. The van der Waals surface area contributed by atoms with Crippen molar-refractivity contribution in [2.24, 2.45) is 5.92 Å². The molecule has 1 amide bonds. The first-order chi connectivity index (χ1) is 16.1. The van der Waals surface area contributed by atoms with Gasteiger partial charge in [-0.3, -0.25) is 14.6 Å². The highest BCUT2D eigenvalue weighted by Gasteiger charge is 2.31. The number of ether oxygens (including phenoxy) is 1. The van der Waals surface area contributed by atoms with Crippen LogP contribution in [0.2, 0.25) is 0 Å². The monoisotopic (exact) mass is 482 g/mol. The van der Waals surface area contributed by atoms with Gasteiger partial charge in [0.1, 0.15) is 6.26 Å². The highest BCUT2D eigenvalue weighted by molar-refractivity contribution is 5.91. The first-order valence-corrected chi connectivity index (χ1v) is 11.6. The SMILES string of the molecule is CC(C)C(C)N(Cc1cccc(C(F)(F)F)c1)Cc1nc(C(=O)NCCN2CCOCC2)co1. The van der Waals surface area contributed by atoms with Crippen molar-refractivity contribution in [2.45, 2.75) is 46.1 Å². The average molecular weight is 483 g/mol. The summed E-state index contributed by atoms with van der Waals surface area (Å²) in [7, 11) is 0. The summed E-state index contributed by atoms with van der Waals surface area (Å²) in [6.45, 7) is 11.0. The molecule has 3 rings (SSSR count). The fourth-order valence-electron chi connectivity index (χ4n) is 3.75. The van der Waals surface area contributed by atoms with Crippen molar-refractivity contribution in [3.63, 3.8) is 0 Å². The van der Waals surface area contributed by atoms with E-state index in [1.165, 1.54) is 18.4 Å². The van der Waals surface area contributed by atoms with Gasteiger partial charge in [-0.2, -0.15) is 13.2 Å². The third-order valence-electron chi connectivity index (χ3n) is 6.12. The van der Waals surface area contributed by atoms with Gasteiger partial charge in [-0.1, -0.05) is 32.0 Å². The van der Waals surface area contributed by atoms with Crippen LogP contribution in [0.25, 0.3) is 0 Å². The van der Waals surface area contributed by atoms with Crippen LogP contribution >= 0.6 is 0 Å². The summed E-state index contributed by atoms with van der Waals surface area (Å²) in [5, 5.41) is 2.85. The van der Waals surface area contributed by atoms with Crippen LogP contribution in [0.3, 0.4) is 0 Å². The van der Waals surface area contributed by atoms with Gasteiger partial charge in [-0.15, -0.1) is 0 Å². The second-order valence-corrected chi connectivity index (χ2v) is 8.92. The zero-order valence-electron chi connectivity index (χ0n) is 19.9. The van der Waals surface area contributed by atoms with Gasteiger partial charge < -0.3 is 14.5 Å². The van der Waals surface area contributed by atoms with Crippen molar-refractivity contribution in [1.29, 1.82) is 0 Å². The molecule has 1 atom stereocenters. The maximum absolute atomic E-state index is 13.1. The summed E-state index contributed by atoms with van der Waals surface area (Å²) in [5.41, 5.74) is 0.0671. The molecule has 1 aliphatic rings. The van der Waals surface area contributed by atoms with Crippen LogP contribution in [0, 0.1) is 5.92 Å². The number of rotatable bonds is 10. The molecular formula is C24H33F3N4O3. The average Bonchev–Trinajstić information content (AvgIpc) is 3.27. The predicted octanol–water partition coefficient (Wildman–Crippen LogP) is 3.80. The van der Waals surface area contributed by atoms with Crippen LogP contribution in [0.5, 0.6) is 0 Å². The van der Waals surface area contributed by atoms with Gasteiger partial charge in [0, 0.05) is 38.8 Å². The Hall–Kier alpha value is -2.43. The third-order valence-corrected chi connectivity index (χ3v) is 6.12. The van der Waals surface area contributed by atoms with Crippen LogP contribution < -0.4 is 5.32 Å². The highest BCUT2D eigenvalue weighted by Crippen LogP contribution is 2.30. The minimum atomic E-state index is -4.39. The molecule has 2 heterocycles. The number of morpholine rings is 1. The van der Waals surface area contributed by atoms with Gasteiger partial charge in [0.2, 0.25) is 5.89 Å². The number of benzene rings is 1. The molecule has 1 unspecified atom stereocenters. The Kier molecular flexibility index (Phi) is 9.10. The van der Waals surface area contributed by atoms with Crippen LogP contribution in [0.4, 0.5) is 13.2 Å². The second kappa shape index (κ2) is 11.8. The lowest BCUT2D eigenvalue weighted by Gasteiger charge is -2.31. The van der Waals surface area contributed by atoms with Crippen LogP contribution in [0.1, 0.15) is 48.3 Å². The van der Waals surface area contributed by atoms with E-state index in [-0.39, 0.29) is 30.1 Å². The molecule has 0 spiro atoms. The Morgan fingerprint density at radius 3 is 2.62 bits per heavy atom. The number of amides is 1. The maximum atomic E-state index is 13.1. The van der Waals surface area contributed by atoms with Crippen molar-refractivity contribution in [3.05, 3.63) is 53.2 Å². The summed E-state index contributed by atoms with van der Waals surface area (Å²) in [4.78, 5) is 21.0. The summed E-state index contributed by atoms with van der Waals surface area (Å²) < 4.78 is 50.2. The fourth-order valence-corrected chi connectivity index (χ4v) is 3.75. The van der Waals surface area contributed by atoms with Gasteiger partial charge in [0.05, 0.1) is 25.3 Å². The molecule has 1 fully saturated rings. The molecule has 1 saturated heterocycles. The molecule has 1 aromatic carbocycles. The number of hydrogen-bond donors (Lipinski definition) is 1. The van der Waals surface area contributed by atoms with E-state index in [1.807, 2.05) is 25.7 Å². The first kappa shape index (κ1) is 26.2. The quantitative estimate of drug-likeness (QED) is 0.556. The van der Waals surface area contributed by atoms with E-state index in [9.17, 15) is 18.0 Å². The number of carbonyl (C=O) groups excluding carboxylic acids is 1. The number of hydrogen-bond acceptors (Lipinski definition) is 6. The minimum absolute atomic E-state index is 0.0484. The van der Waals surface area contributed by atoms with E-state index < -0.39 is 11.7 Å². The molecule has 1 N–H and O–H groups in total. The number of alkyl halides is 3. The van der Waals surface area contributed by atoms with Crippen LogP contribution in [-0.2, 0) is 24.0 Å².